The van der Waals surface area contributed by atoms with Crippen LogP contribution in [-0.2, 0) is 36.0 Å². The molecule has 9 heterocycles. The molecule has 2 unspecified atom stereocenters. The van der Waals surface area contributed by atoms with E-state index in [0.29, 0.717) is 41.0 Å². The molecule has 1 saturated carbocycles. The Morgan fingerprint density at radius 1 is 0.789 bits per heavy atom. The average Bonchev–Trinajstić information content (AvgIpc) is 4.04. The highest BCUT2D eigenvalue weighted by molar-refractivity contribution is 6.23. The first-order chi connectivity index (χ1) is 36.2. The van der Waals surface area contributed by atoms with Gasteiger partial charge in [0.1, 0.15) is 29.1 Å². The van der Waals surface area contributed by atoms with E-state index in [9.17, 15) is 28.8 Å². The maximum absolute atomic E-state index is 14.0. The Morgan fingerprint density at radius 3 is 2.30 bits per heavy atom. The average molecular weight is 1030 g/mol. The van der Waals surface area contributed by atoms with Gasteiger partial charge in [0.05, 0.1) is 23.0 Å². The molecular formula is C59H69N11O6. The summed E-state index contributed by atoms with van der Waals surface area (Å²) in [4.78, 5) is 99.1. The zero-order valence-electron chi connectivity index (χ0n) is 45.0. The lowest BCUT2D eigenvalue weighted by molar-refractivity contribution is -0.136. The number of fused-ring (bicyclic) bond motifs is 4. The molecule has 3 saturated heterocycles. The molecule has 5 amide bonds. The van der Waals surface area contributed by atoms with Crippen molar-refractivity contribution >= 4 is 58.2 Å². The molecule has 5 aromatic rings. The Kier molecular flexibility index (Phi) is 11.8. The number of imide groups is 2. The van der Waals surface area contributed by atoms with Crippen LogP contribution in [0, 0.1) is 23.2 Å². The number of amides is 5. The molecule has 2 N–H and O–H groups in total. The predicted molar refractivity (Wildman–Crippen MR) is 291 cm³/mol. The van der Waals surface area contributed by atoms with Crippen LogP contribution in [0.1, 0.15) is 128 Å². The van der Waals surface area contributed by atoms with Gasteiger partial charge in [-0.2, -0.15) is 0 Å². The van der Waals surface area contributed by atoms with Crippen LogP contribution in [0.15, 0.2) is 71.9 Å². The lowest BCUT2D eigenvalue weighted by Gasteiger charge is -2.59. The number of nitrogens with one attached hydrogen (secondary N) is 2. The molecule has 17 nitrogen and oxygen atoms in total. The summed E-state index contributed by atoms with van der Waals surface area (Å²) in [7, 11) is 1.75. The van der Waals surface area contributed by atoms with E-state index >= 15 is 0 Å². The van der Waals surface area contributed by atoms with E-state index in [2.05, 4.69) is 83.6 Å². The topological polar surface area (TPSA) is 178 Å². The number of hydrogen-bond donors (Lipinski definition) is 2. The van der Waals surface area contributed by atoms with Crippen molar-refractivity contribution in [3.63, 3.8) is 0 Å². The van der Waals surface area contributed by atoms with E-state index in [1.54, 1.807) is 28.8 Å². The summed E-state index contributed by atoms with van der Waals surface area (Å²) >= 11 is 0. The zero-order chi connectivity index (χ0) is 53.3. The van der Waals surface area contributed by atoms with E-state index in [1.165, 1.54) is 11.3 Å². The first-order valence-electron chi connectivity index (χ1n) is 27.2. The summed E-state index contributed by atoms with van der Waals surface area (Å²) in [5, 5.41) is 5.61. The maximum atomic E-state index is 14.0. The van der Waals surface area contributed by atoms with Gasteiger partial charge in [-0.1, -0.05) is 34.6 Å². The van der Waals surface area contributed by atoms with Crippen LogP contribution in [-0.4, -0.2) is 115 Å². The predicted octanol–water partition coefficient (Wildman–Crippen LogP) is 7.26. The second-order valence-corrected chi connectivity index (χ2v) is 24.8. The quantitative estimate of drug-likeness (QED) is 0.149. The molecule has 7 aliphatic rings. The second-order valence-electron chi connectivity index (χ2n) is 24.8. The highest BCUT2D eigenvalue weighted by Crippen LogP contribution is 2.54. The molecule has 17 heteroatoms. The highest BCUT2D eigenvalue weighted by atomic mass is 16.2. The fourth-order valence-electron chi connectivity index (χ4n) is 14.1. The third kappa shape index (κ3) is 8.40. The van der Waals surface area contributed by atoms with Crippen molar-refractivity contribution in [2.45, 2.75) is 131 Å². The van der Waals surface area contributed by atoms with Crippen molar-refractivity contribution < 1.29 is 24.0 Å². The Balaban J connectivity index is 0.682. The summed E-state index contributed by atoms with van der Waals surface area (Å²) < 4.78 is 3.80. The van der Waals surface area contributed by atoms with Crippen LogP contribution in [0.3, 0.4) is 0 Å². The molecule has 3 atom stereocenters. The number of benzene rings is 1. The number of aromatic nitrogens is 4. The molecule has 1 aromatic carbocycles. The smallest absolute Gasteiger partial charge is 0.276 e. The number of anilines is 5. The van der Waals surface area contributed by atoms with Gasteiger partial charge in [0.2, 0.25) is 11.8 Å². The normalized spacial score (nSPS) is 25.4. The first kappa shape index (κ1) is 49.7. The fraction of sp³-hybridized carbons (Fsp3) is 0.492. The molecule has 0 bridgehead atoms. The number of aryl methyl sites for hydroxylation is 1. The zero-order valence-corrected chi connectivity index (χ0v) is 45.0. The van der Waals surface area contributed by atoms with Crippen LogP contribution >= 0.6 is 0 Å². The molecule has 396 valence electrons. The summed E-state index contributed by atoms with van der Waals surface area (Å²) in [6, 6.07) is 15.4. The molecule has 2 aliphatic carbocycles. The SMILES string of the molecule is Cc1c(-c2cc(Nc3ccc(N4CCN(C5CC6(CCN(c7ccc8c(c7)C(=O)N(C7CCC(=O)NC7=O)C8=O)C(C)C6)C5)C[C@@H]4C(C)(C)C)cn3)c(=O)n(C)c2)ccnc1N1CCn2c(cc3c2CC(C)(C)C3)C1=O. The summed E-state index contributed by atoms with van der Waals surface area (Å²) in [6.45, 7) is 20.7. The minimum Gasteiger partial charge on any atom is -0.369 e. The second kappa shape index (κ2) is 18.0. The van der Waals surface area contributed by atoms with Gasteiger partial charge in [0, 0.05) is 100 Å². The van der Waals surface area contributed by atoms with Crippen LogP contribution in [0.5, 0.6) is 0 Å². The molecule has 4 aromatic heterocycles. The standard InChI is InChI=1S/C59H69N11O6/c1-34-26-59(16-18-66(34)38-9-11-42-43(25-38)54(74)70(53(42)73)45-12-14-50(71)63-52(45)72)28-40(29-59)65-19-20-67(48(33-65)57(3,4)5)39-10-13-49(61-31-39)62-44-23-37(32-64(8)55(44)75)41-15-17-60-51(35(41)2)69-22-21-68-46(56(69)76)24-36-27-58(6,7)30-47(36)68/h9-11,13,15,17,23-25,31-32,34,40,45,48H,12,14,16,18-22,26-30,33H2,1-8H3,(H,61,62)(H,63,71,72)/t34?,40?,45?,48-,59?/m1/s1. The van der Waals surface area contributed by atoms with Gasteiger partial charge in [0.25, 0.3) is 23.3 Å². The lowest BCUT2D eigenvalue weighted by Crippen LogP contribution is -2.64. The minimum absolute atomic E-state index is 0.0145. The number of piperidine rings is 2. The maximum Gasteiger partial charge on any atom is 0.276 e. The number of pyridine rings is 3. The fourth-order valence-corrected chi connectivity index (χ4v) is 14.1. The molecule has 12 rings (SSSR count). The number of carbonyl (C=O) groups is 5. The molecule has 1 spiro atoms. The van der Waals surface area contributed by atoms with Crippen LogP contribution in [0.25, 0.3) is 11.1 Å². The number of piperazine rings is 1. The van der Waals surface area contributed by atoms with Crippen LogP contribution in [0.2, 0.25) is 0 Å². The van der Waals surface area contributed by atoms with Crippen LogP contribution < -0.4 is 30.9 Å². The third-order valence-electron chi connectivity index (χ3n) is 18.1. The van der Waals surface area contributed by atoms with Gasteiger partial charge in [-0.3, -0.25) is 48.8 Å². The first-order valence-corrected chi connectivity index (χ1v) is 27.2. The molecule has 76 heavy (non-hydrogen) atoms. The Hall–Kier alpha value is -7.14. The van der Waals surface area contributed by atoms with Crippen molar-refractivity contribution in [1.29, 1.82) is 0 Å². The lowest BCUT2D eigenvalue weighted by atomic mass is 9.58. The van der Waals surface area contributed by atoms with Crippen molar-refractivity contribution in [2.24, 2.45) is 23.3 Å². The van der Waals surface area contributed by atoms with Gasteiger partial charge in [-0.15, -0.1) is 0 Å². The van der Waals surface area contributed by atoms with E-state index in [1.807, 2.05) is 49.6 Å². The van der Waals surface area contributed by atoms with E-state index in [4.69, 9.17) is 9.97 Å². The third-order valence-corrected chi connectivity index (χ3v) is 18.1. The van der Waals surface area contributed by atoms with E-state index < -0.39 is 29.7 Å². The Morgan fingerprint density at radius 2 is 1.57 bits per heavy atom. The van der Waals surface area contributed by atoms with Gasteiger partial charge in [-0.25, -0.2) is 9.97 Å². The summed E-state index contributed by atoms with van der Waals surface area (Å²) in [5.41, 5.74) is 9.15. The van der Waals surface area contributed by atoms with Crippen molar-refractivity contribution in [3.8, 4) is 11.1 Å². The van der Waals surface area contributed by atoms with Crippen molar-refractivity contribution in [2.75, 3.05) is 52.7 Å². The molecule has 0 radical (unpaired) electrons. The number of hydrogen-bond acceptors (Lipinski definition) is 12. The number of carbonyl (C=O) groups excluding carboxylic acids is 5. The summed E-state index contributed by atoms with van der Waals surface area (Å²) in [6.07, 6.45) is 12.1. The largest absolute Gasteiger partial charge is 0.369 e. The Labute approximate surface area is 443 Å². The van der Waals surface area contributed by atoms with E-state index in [0.717, 1.165) is 110 Å². The Bertz CT molecular complexity index is 3330. The van der Waals surface area contributed by atoms with Gasteiger partial charge in [0.15, 0.2) is 0 Å². The van der Waals surface area contributed by atoms with Crippen molar-refractivity contribution in [3.05, 3.63) is 111 Å². The summed E-state index contributed by atoms with van der Waals surface area (Å²) in [5.74, 6) is -0.785. The van der Waals surface area contributed by atoms with Gasteiger partial charge >= 0.3 is 0 Å². The number of rotatable bonds is 8. The van der Waals surface area contributed by atoms with Crippen molar-refractivity contribution in [1.82, 2.24) is 34.2 Å². The van der Waals surface area contributed by atoms with E-state index in [-0.39, 0.29) is 52.6 Å². The highest BCUT2D eigenvalue weighted by Gasteiger charge is 2.52. The monoisotopic (exact) mass is 1030 g/mol. The number of nitrogens with zero attached hydrogens (tertiary/aromatic N) is 9. The van der Waals surface area contributed by atoms with Crippen LogP contribution in [0.4, 0.5) is 28.7 Å². The molecular weight excluding hydrogens is 959 g/mol. The van der Waals surface area contributed by atoms with Gasteiger partial charge in [-0.05, 0) is 140 Å². The minimum atomic E-state index is -0.984. The van der Waals surface area contributed by atoms with Gasteiger partial charge < -0.3 is 24.3 Å². The molecule has 5 aliphatic heterocycles. The molecule has 4 fully saturated rings.